The Balaban J connectivity index is 2.07. The number of amides is 1. The van der Waals surface area contributed by atoms with Crippen LogP contribution in [0.25, 0.3) is 0 Å². The number of aliphatic hydroxyl groups is 1. The van der Waals surface area contributed by atoms with Crippen molar-refractivity contribution in [2.24, 2.45) is 0 Å². The van der Waals surface area contributed by atoms with Crippen molar-refractivity contribution in [3.8, 4) is 6.07 Å². The highest BCUT2D eigenvalue weighted by atomic mass is 16.5. The van der Waals surface area contributed by atoms with Crippen molar-refractivity contribution < 1.29 is 14.6 Å². The Morgan fingerprint density at radius 1 is 1.48 bits per heavy atom. The van der Waals surface area contributed by atoms with Crippen LogP contribution in [0.5, 0.6) is 0 Å². The number of hydrogen-bond donors (Lipinski definition) is 1. The van der Waals surface area contributed by atoms with E-state index in [2.05, 4.69) is 0 Å². The Morgan fingerprint density at radius 2 is 2.24 bits per heavy atom. The average Bonchev–Trinajstić information content (AvgIpc) is 2.53. The number of morpholine rings is 1. The molecule has 112 valence electrons. The number of ether oxygens (including phenoxy) is 1. The zero-order valence-corrected chi connectivity index (χ0v) is 11.8. The highest BCUT2D eigenvalue weighted by Crippen LogP contribution is 2.14. The molecule has 1 aromatic rings. The van der Waals surface area contributed by atoms with E-state index in [1.165, 1.54) is 4.90 Å². The number of nitriles is 1. The molecule has 2 rings (SSSR count). The van der Waals surface area contributed by atoms with Crippen LogP contribution >= 0.6 is 0 Å². The third kappa shape index (κ3) is 4.02. The standard InChI is InChI=1S/C15H19N3O3/c16-6-7-18(13-4-2-1-3-5-13)15(20)10-17-8-9-21-12-14(17)11-19/h1-5,14,19H,7-12H2. The maximum absolute atomic E-state index is 12.5. The van der Waals surface area contributed by atoms with Gasteiger partial charge in [0.1, 0.15) is 6.54 Å². The molecule has 1 atom stereocenters. The largest absolute Gasteiger partial charge is 0.395 e. The first kappa shape index (κ1) is 15.4. The van der Waals surface area contributed by atoms with Crippen LogP contribution in [-0.4, -0.2) is 61.4 Å². The number of carbonyl (C=O) groups is 1. The van der Waals surface area contributed by atoms with Crippen molar-refractivity contribution in [3.05, 3.63) is 30.3 Å². The summed E-state index contributed by atoms with van der Waals surface area (Å²) in [7, 11) is 0. The Morgan fingerprint density at radius 3 is 2.90 bits per heavy atom. The van der Waals surface area contributed by atoms with Gasteiger partial charge >= 0.3 is 0 Å². The number of aliphatic hydroxyl groups excluding tert-OH is 1. The van der Waals surface area contributed by atoms with Crippen molar-refractivity contribution >= 4 is 11.6 Å². The number of anilines is 1. The minimum Gasteiger partial charge on any atom is -0.395 e. The molecule has 0 radical (unpaired) electrons. The summed E-state index contributed by atoms with van der Waals surface area (Å²) in [6.07, 6.45) is 0. The lowest BCUT2D eigenvalue weighted by Crippen LogP contribution is -2.52. The summed E-state index contributed by atoms with van der Waals surface area (Å²) in [5, 5.41) is 18.3. The Hall–Kier alpha value is -1.94. The normalized spacial score (nSPS) is 19.0. The highest BCUT2D eigenvalue weighted by molar-refractivity contribution is 5.95. The molecule has 21 heavy (non-hydrogen) atoms. The van der Waals surface area contributed by atoms with Gasteiger partial charge in [-0.15, -0.1) is 0 Å². The molecule has 1 N–H and O–H groups in total. The molecule has 1 heterocycles. The van der Waals surface area contributed by atoms with E-state index in [9.17, 15) is 9.90 Å². The van der Waals surface area contributed by atoms with Crippen molar-refractivity contribution in [1.82, 2.24) is 4.90 Å². The Labute approximate surface area is 124 Å². The maximum atomic E-state index is 12.5. The van der Waals surface area contributed by atoms with E-state index in [1.54, 1.807) is 12.1 Å². The maximum Gasteiger partial charge on any atom is 0.242 e. The lowest BCUT2D eigenvalue weighted by molar-refractivity contribution is -0.122. The van der Waals surface area contributed by atoms with Gasteiger partial charge in [-0.25, -0.2) is 0 Å². The van der Waals surface area contributed by atoms with Crippen molar-refractivity contribution in [3.63, 3.8) is 0 Å². The molecule has 0 spiro atoms. The van der Waals surface area contributed by atoms with Crippen molar-refractivity contribution in [1.29, 1.82) is 5.26 Å². The first-order valence-electron chi connectivity index (χ1n) is 6.91. The summed E-state index contributed by atoms with van der Waals surface area (Å²) in [6, 6.07) is 11.0. The van der Waals surface area contributed by atoms with E-state index < -0.39 is 0 Å². The predicted octanol–water partition coefficient (Wildman–Crippen LogP) is 0.236. The van der Waals surface area contributed by atoms with Gasteiger partial charge in [0.05, 0.1) is 38.5 Å². The topological polar surface area (TPSA) is 76.8 Å². The van der Waals surface area contributed by atoms with Crippen LogP contribution < -0.4 is 4.90 Å². The molecule has 6 nitrogen and oxygen atoms in total. The van der Waals surface area contributed by atoms with Crippen molar-refractivity contribution in [2.75, 3.05) is 44.4 Å². The van der Waals surface area contributed by atoms with Crippen LogP contribution in [0.1, 0.15) is 0 Å². The van der Waals surface area contributed by atoms with E-state index in [4.69, 9.17) is 10.00 Å². The number of benzene rings is 1. The molecule has 0 aromatic heterocycles. The van der Waals surface area contributed by atoms with Gasteiger partial charge in [0.15, 0.2) is 0 Å². The molecule has 6 heteroatoms. The average molecular weight is 289 g/mol. The van der Waals surface area contributed by atoms with Gasteiger partial charge < -0.3 is 9.84 Å². The molecule has 1 unspecified atom stereocenters. The van der Waals surface area contributed by atoms with Crippen LogP contribution in [0, 0.1) is 11.3 Å². The van der Waals surface area contributed by atoms with Gasteiger partial charge in [0.2, 0.25) is 5.91 Å². The number of para-hydroxylation sites is 1. The van der Waals surface area contributed by atoms with Crippen LogP contribution in [0.4, 0.5) is 5.69 Å². The SMILES string of the molecule is N#CCN(C(=O)CN1CCOCC1CO)c1ccccc1. The molecule has 0 bridgehead atoms. The summed E-state index contributed by atoms with van der Waals surface area (Å²) < 4.78 is 5.30. The Bertz CT molecular complexity index is 501. The van der Waals surface area contributed by atoms with E-state index in [1.807, 2.05) is 29.2 Å². The summed E-state index contributed by atoms with van der Waals surface area (Å²) >= 11 is 0. The van der Waals surface area contributed by atoms with Gasteiger partial charge in [-0.1, -0.05) is 18.2 Å². The summed E-state index contributed by atoms with van der Waals surface area (Å²) in [6.45, 7) is 1.71. The third-order valence-electron chi connectivity index (χ3n) is 3.50. The Kier molecular flexibility index (Phi) is 5.69. The number of nitrogens with zero attached hydrogens (tertiary/aromatic N) is 3. The highest BCUT2D eigenvalue weighted by Gasteiger charge is 2.26. The molecular weight excluding hydrogens is 270 g/mol. The fourth-order valence-electron chi connectivity index (χ4n) is 2.33. The van der Waals surface area contributed by atoms with E-state index >= 15 is 0 Å². The summed E-state index contributed by atoms with van der Waals surface area (Å²) in [5.41, 5.74) is 0.706. The fraction of sp³-hybridized carbons (Fsp3) is 0.467. The molecule has 1 aliphatic heterocycles. The second-order valence-electron chi connectivity index (χ2n) is 4.86. The second kappa shape index (κ2) is 7.74. The van der Waals surface area contributed by atoms with Gasteiger partial charge in [-0.05, 0) is 12.1 Å². The zero-order valence-electron chi connectivity index (χ0n) is 11.8. The van der Waals surface area contributed by atoms with E-state index in [-0.39, 0.29) is 31.6 Å². The van der Waals surface area contributed by atoms with E-state index in [0.717, 1.165) is 0 Å². The second-order valence-corrected chi connectivity index (χ2v) is 4.86. The van der Waals surface area contributed by atoms with Crippen molar-refractivity contribution in [2.45, 2.75) is 6.04 Å². The van der Waals surface area contributed by atoms with Gasteiger partial charge in [0, 0.05) is 12.2 Å². The van der Waals surface area contributed by atoms with Crippen LogP contribution in [-0.2, 0) is 9.53 Å². The van der Waals surface area contributed by atoms with E-state index in [0.29, 0.717) is 25.4 Å². The van der Waals surface area contributed by atoms with Gasteiger partial charge in [-0.2, -0.15) is 5.26 Å². The lowest BCUT2D eigenvalue weighted by Gasteiger charge is -2.35. The first-order chi connectivity index (χ1) is 10.3. The molecule has 0 saturated carbocycles. The molecular formula is C15H19N3O3. The summed E-state index contributed by atoms with van der Waals surface area (Å²) in [4.78, 5) is 15.8. The third-order valence-corrected chi connectivity index (χ3v) is 3.50. The van der Waals surface area contributed by atoms with Crippen LogP contribution in [0.2, 0.25) is 0 Å². The molecule has 1 fully saturated rings. The monoisotopic (exact) mass is 289 g/mol. The number of rotatable bonds is 5. The fourth-order valence-corrected chi connectivity index (χ4v) is 2.33. The predicted molar refractivity (Wildman–Crippen MR) is 77.7 cm³/mol. The lowest BCUT2D eigenvalue weighted by atomic mass is 10.2. The quantitative estimate of drug-likeness (QED) is 0.786. The minimum absolute atomic E-state index is 0.0109. The van der Waals surface area contributed by atoms with Crippen LogP contribution in [0.15, 0.2) is 30.3 Å². The zero-order chi connectivity index (χ0) is 15.1. The molecule has 1 amide bonds. The van der Waals surface area contributed by atoms with Gasteiger partial charge in [-0.3, -0.25) is 14.6 Å². The molecule has 1 aliphatic rings. The summed E-state index contributed by atoms with van der Waals surface area (Å²) in [5.74, 6) is -0.150. The smallest absolute Gasteiger partial charge is 0.242 e. The van der Waals surface area contributed by atoms with Gasteiger partial charge in [0.25, 0.3) is 0 Å². The number of hydrogen-bond acceptors (Lipinski definition) is 5. The molecule has 1 aromatic carbocycles. The number of carbonyl (C=O) groups excluding carboxylic acids is 1. The minimum atomic E-state index is -0.164. The molecule has 0 aliphatic carbocycles. The van der Waals surface area contributed by atoms with Crippen LogP contribution in [0.3, 0.4) is 0 Å². The molecule has 1 saturated heterocycles. The first-order valence-corrected chi connectivity index (χ1v) is 6.91.